The number of nitrogens with zero attached hydrogens (tertiary/aromatic N) is 2. The molecular weight excluding hydrogens is 248 g/mol. The predicted octanol–water partition coefficient (Wildman–Crippen LogP) is 2.14. The molecule has 0 aliphatic heterocycles. The van der Waals surface area contributed by atoms with E-state index in [0.29, 0.717) is 6.04 Å². The van der Waals surface area contributed by atoms with Crippen LogP contribution in [0.4, 0.5) is 5.69 Å². The number of benzene rings is 1. The Balaban J connectivity index is 1.88. The van der Waals surface area contributed by atoms with Crippen molar-refractivity contribution in [3.05, 3.63) is 42.0 Å². The molecule has 0 bridgehead atoms. The minimum Gasteiger partial charge on any atom is -0.378 e. The zero-order valence-electron chi connectivity index (χ0n) is 12.6. The average Bonchev–Trinajstić information content (AvgIpc) is 2.96. The van der Waals surface area contributed by atoms with Crippen LogP contribution >= 0.6 is 0 Å². The third-order valence-corrected chi connectivity index (χ3v) is 3.46. The molecule has 0 amide bonds. The molecule has 0 saturated carbocycles. The van der Waals surface area contributed by atoms with Gasteiger partial charge in [0.1, 0.15) is 0 Å². The molecule has 20 heavy (non-hydrogen) atoms. The minimum absolute atomic E-state index is 0.481. The van der Waals surface area contributed by atoms with Crippen LogP contribution in [0.25, 0.3) is 0 Å². The fourth-order valence-corrected chi connectivity index (χ4v) is 2.25. The zero-order valence-corrected chi connectivity index (χ0v) is 12.6. The van der Waals surface area contributed by atoms with Gasteiger partial charge < -0.3 is 15.5 Å². The summed E-state index contributed by atoms with van der Waals surface area (Å²) in [6.45, 7) is 0.779. The van der Waals surface area contributed by atoms with E-state index in [1.807, 2.05) is 7.05 Å². The summed E-state index contributed by atoms with van der Waals surface area (Å²) in [5.41, 5.74) is 2.47. The molecule has 0 saturated heterocycles. The molecule has 0 spiro atoms. The topological polar surface area (TPSA) is 39.7 Å². The van der Waals surface area contributed by atoms with Gasteiger partial charge in [0.25, 0.3) is 0 Å². The number of aliphatic imine (C=N–C) groups is 1. The van der Waals surface area contributed by atoms with Gasteiger partial charge >= 0.3 is 0 Å². The van der Waals surface area contributed by atoms with Crippen LogP contribution in [-0.2, 0) is 6.54 Å². The molecule has 0 fully saturated rings. The van der Waals surface area contributed by atoms with E-state index in [-0.39, 0.29) is 0 Å². The number of guanidine groups is 1. The average molecular weight is 272 g/mol. The van der Waals surface area contributed by atoms with Gasteiger partial charge in [0.15, 0.2) is 5.96 Å². The molecular formula is C16H24N4. The van der Waals surface area contributed by atoms with E-state index in [9.17, 15) is 0 Å². The minimum atomic E-state index is 0.481. The van der Waals surface area contributed by atoms with E-state index in [1.165, 1.54) is 11.3 Å². The fourth-order valence-electron chi connectivity index (χ4n) is 2.25. The van der Waals surface area contributed by atoms with E-state index < -0.39 is 0 Å². The van der Waals surface area contributed by atoms with E-state index >= 15 is 0 Å². The molecule has 0 unspecified atom stereocenters. The second-order valence-corrected chi connectivity index (χ2v) is 5.27. The van der Waals surface area contributed by atoms with Crippen molar-refractivity contribution in [3.8, 4) is 0 Å². The van der Waals surface area contributed by atoms with Crippen molar-refractivity contribution in [2.24, 2.45) is 4.99 Å². The number of hydrogen-bond acceptors (Lipinski definition) is 2. The highest BCUT2D eigenvalue weighted by molar-refractivity contribution is 5.80. The van der Waals surface area contributed by atoms with Crippen LogP contribution in [0, 0.1) is 0 Å². The summed E-state index contributed by atoms with van der Waals surface area (Å²) in [4.78, 5) is 6.39. The molecule has 0 atom stereocenters. The molecule has 1 aliphatic carbocycles. The van der Waals surface area contributed by atoms with E-state index in [2.05, 4.69) is 71.0 Å². The maximum atomic E-state index is 4.28. The van der Waals surface area contributed by atoms with Crippen molar-refractivity contribution in [3.63, 3.8) is 0 Å². The monoisotopic (exact) mass is 272 g/mol. The maximum Gasteiger partial charge on any atom is 0.191 e. The lowest BCUT2D eigenvalue weighted by molar-refractivity contribution is 0.633. The van der Waals surface area contributed by atoms with Gasteiger partial charge in [-0.25, -0.2) is 0 Å². The summed E-state index contributed by atoms with van der Waals surface area (Å²) >= 11 is 0. The standard InChI is InChI=1S/C16H24N4/c1-17-16(19-14-8-4-5-9-14)18-12-13-7-6-10-15(11-13)20(2)3/h4-7,10-11,14H,8-9,12H2,1-3H3,(H2,17,18,19). The van der Waals surface area contributed by atoms with Gasteiger partial charge in [-0.2, -0.15) is 0 Å². The lowest BCUT2D eigenvalue weighted by Crippen LogP contribution is -2.42. The highest BCUT2D eigenvalue weighted by Gasteiger charge is 2.11. The van der Waals surface area contributed by atoms with Crippen molar-refractivity contribution >= 4 is 11.6 Å². The first-order valence-electron chi connectivity index (χ1n) is 7.07. The summed E-state index contributed by atoms with van der Waals surface area (Å²) in [5.74, 6) is 0.869. The molecule has 108 valence electrons. The SMILES string of the molecule is CN=C(NCc1cccc(N(C)C)c1)NC1CC=CC1. The highest BCUT2D eigenvalue weighted by Crippen LogP contribution is 2.13. The first-order valence-corrected chi connectivity index (χ1v) is 7.07. The van der Waals surface area contributed by atoms with E-state index in [4.69, 9.17) is 0 Å². The molecule has 1 aromatic carbocycles. The van der Waals surface area contributed by atoms with E-state index in [1.54, 1.807) is 0 Å². The summed E-state index contributed by atoms with van der Waals surface area (Å²) in [5, 5.41) is 6.81. The first-order chi connectivity index (χ1) is 9.69. The number of nitrogens with one attached hydrogen (secondary N) is 2. The molecule has 4 nitrogen and oxygen atoms in total. The Bertz CT molecular complexity index is 483. The molecule has 0 radical (unpaired) electrons. The van der Waals surface area contributed by atoms with Crippen molar-refractivity contribution in [1.29, 1.82) is 0 Å². The summed E-state index contributed by atoms with van der Waals surface area (Å²) < 4.78 is 0. The lowest BCUT2D eigenvalue weighted by atomic mass is 10.2. The van der Waals surface area contributed by atoms with Crippen molar-refractivity contribution in [2.45, 2.75) is 25.4 Å². The van der Waals surface area contributed by atoms with E-state index in [0.717, 1.165) is 25.3 Å². The normalized spacial score (nSPS) is 15.4. The molecule has 2 N–H and O–H groups in total. The van der Waals surface area contributed by atoms with Crippen LogP contribution in [0.5, 0.6) is 0 Å². The Morgan fingerprint density at radius 2 is 2.05 bits per heavy atom. The maximum absolute atomic E-state index is 4.28. The Morgan fingerprint density at radius 1 is 1.30 bits per heavy atom. The second-order valence-electron chi connectivity index (χ2n) is 5.27. The Morgan fingerprint density at radius 3 is 2.70 bits per heavy atom. The molecule has 0 heterocycles. The largest absolute Gasteiger partial charge is 0.378 e. The third-order valence-electron chi connectivity index (χ3n) is 3.46. The van der Waals surface area contributed by atoms with Crippen LogP contribution < -0.4 is 15.5 Å². The smallest absolute Gasteiger partial charge is 0.191 e. The molecule has 0 aromatic heterocycles. The quantitative estimate of drug-likeness (QED) is 0.501. The van der Waals surface area contributed by atoms with Gasteiger partial charge in [0.05, 0.1) is 0 Å². The van der Waals surface area contributed by atoms with Crippen molar-refractivity contribution in [2.75, 3.05) is 26.0 Å². The van der Waals surface area contributed by atoms with Crippen LogP contribution in [-0.4, -0.2) is 33.1 Å². The van der Waals surface area contributed by atoms with Gasteiger partial charge in [0, 0.05) is 39.4 Å². The number of anilines is 1. The van der Waals surface area contributed by atoms with Crippen molar-refractivity contribution < 1.29 is 0 Å². The van der Waals surface area contributed by atoms with Gasteiger partial charge in [-0.1, -0.05) is 24.3 Å². The van der Waals surface area contributed by atoms with Gasteiger partial charge in [-0.15, -0.1) is 0 Å². The number of rotatable bonds is 4. The molecule has 1 aromatic rings. The van der Waals surface area contributed by atoms with Crippen LogP contribution in [0.1, 0.15) is 18.4 Å². The number of hydrogen-bond donors (Lipinski definition) is 2. The fraction of sp³-hybridized carbons (Fsp3) is 0.438. The predicted molar refractivity (Wildman–Crippen MR) is 86.3 cm³/mol. The molecule has 2 rings (SSSR count). The van der Waals surface area contributed by atoms with Gasteiger partial charge in [-0.3, -0.25) is 4.99 Å². The summed E-state index contributed by atoms with van der Waals surface area (Å²) in [6, 6.07) is 9.00. The van der Waals surface area contributed by atoms with Crippen LogP contribution in [0.15, 0.2) is 41.4 Å². The highest BCUT2D eigenvalue weighted by atomic mass is 15.2. The Labute approximate surface area is 121 Å². The van der Waals surface area contributed by atoms with Crippen LogP contribution in [0.3, 0.4) is 0 Å². The van der Waals surface area contributed by atoms with Crippen molar-refractivity contribution in [1.82, 2.24) is 10.6 Å². The molecule has 4 heteroatoms. The Kier molecular flexibility index (Phi) is 5.04. The summed E-state index contributed by atoms with van der Waals surface area (Å²) in [7, 11) is 5.92. The van der Waals surface area contributed by atoms with Gasteiger partial charge in [0.2, 0.25) is 0 Å². The second kappa shape index (κ2) is 6.98. The third kappa shape index (κ3) is 4.02. The Hall–Kier alpha value is -1.97. The first kappa shape index (κ1) is 14.4. The van der Waals surface area contributed by atoms with Crippen LogP contribution in [0.2, 0.25) is 0 Å². The lowest BCUT2D eigenvalue weighted by Gasteiger charge is -2.18. The van der Waals surface area contributed by atoms with Gasteiger partial charge in [-0.05, 0) is 30.5 Å². The zero-order chi connectivity index (χ0) is 14.4. The summed E-state index contributed by atoms with van der Waals surface area (Å²) in [6.07, 6.45) is 6.59. The molecule has 1 aliphatic rings.